The number of nitrogens with one attached hydrogen (secondary N) is 1. The van der Waals surface area contributed by atoms with Crippen LogP contribution in [0, 0.1) is 6.92 Å². The molecule has 0 atom stereocenters. The minimum absolute atomic E-state index is 0.141. The molecule has 0 saturated carbocycles. The van der Waals surface area contributed by atoms with Crippen LogP contribution in [-0.2, 0) is 12.7 Å². The first-order chi connectivity index (χ1) is 9.86. The maximum atomic E-state index is 13.0. The van der Waals surface area contributed by atoms with E-state index in [0.717, 1.165) is 16.9 Å². The van der Waals surface area contributed by atoms with Crippen LogP contribution in [0.5, 0.6) is 5.75 Å². The lowest BCUT2D eigenvalue weighted by Crippen LogP contribution is -2.12. The van der Waals surface area contributed by atoms with Crippen LogP contribution in [0.2, 0.25) is 0 Å². The van der Waals surface area contributed by atoms with Crippen molar-refractivity contribution in [1.29, 1.82) is 0 Å². The highest BCUT2D eigenvalue weighted by molar-refractivity contribution is 7.15. The second-order valence-corrected chi connectivity index (χ2v) is 5.59. The van der Waals surface area contributed by atoms with Gasteiger partial charge in [0.05, 0.1) is 12.0 Å². The number of rotatable bonds is 4. The predicted octanol–water partition coefficient (Wildman–Crippen LogP) is 3.87. The number of methoxy groups -OCH3 is 1. The van der Waals surface area contributed by atoms with Crippen LogP contribution in [0.25, 0.3) is 10.6 Å². The second-order valence-electron chi connectivity index (χ2n) is 4.50. The Bertz CT molecular complexity index is 638. The minimum atomic E-state index is -4.44. The number of hydrogen-bond acceptors (Lipinski definition) is 4. The minimum Gasteiger partial charge on any atom is -0.496 e. The van der Waals surface area contributed by atoms with Gasteiger partial charge in [0.15, 0.2) is 5.69 Å². The number of aryl methyl sites for hydroxylation is 1. The molecule has 2 rings (SSSR count). The molecule has 0 bridgehead atoms. The molecule has 21 heavy (non-hydrogen) atoms. The van der Waals surface area contributed by atoms with E-state index in [1.807, 2.05) is 6.92 Å². The summed E-state index contributed by atoms with van der Waals surface area (Å²) < 4.78 is 44.1. The van der Waals surface area contributed by atoms with Gasteiger partial charge in [-0.1, -0.05) is 0 Å². The van der Waals surface area contributed by atoms with Gasteiger partial charge in [-0.3, -0.25) is 0 Å². The zero-order valence-corrected chi connectivity index (χ0v) is 12.7. The summed E-state index contributed by atoms with van der Waals surface area (Å²) in [5, 5.41) is 3.10. The smallest absolute Gasteiger partial charge is 0.434 e. The lowest BCUT2D eigenvalue weighted by molar-refractivity contribution is -0.141. The van der Waals surface area contributed by atoms with Crippen molar-refractivity contribution in [3.63, 3.8) is 0 Å². The third-order valence-electron chi connectivity index (χ3n) is 2.94. The van der Waals surface area contributed by atoms with E-state index < -0.39 is 11.9 Å². The van der Waals surface area contributed by atoms with Crippen LogP contribution < -0.4 is 10.1 Å². The van der Waals surface area contributed by atoms with Gasteiger partial charge >= 0.3 is 6.18 Å². The highest BCUT2D eigenvalue weighted by Gasteiger charge is 2.37. The zero-order chi connectivity index (χ0) is 15.6. The molecule has 0 aliphatic heterocycles. The molecule has 114 valence electrons. The summed E-state index contributed by atoms with van der Waals surface area (Å²) in [5.74, 6) is 0.696. The van der Waals surface area contributed by atoms with E-state index in [2.05, 4.69) is 10.3 Å². The Morgan fingerprint density at radius 3 is 2.57 bits per heavy atom. The van der Waals surface area contributed by atoms with Gasteiger partial charge in [-0.05, 0) is 37.7 Å². The molecule has 1 aromatic carbocycles. The molecule has 3 nitrogen and oxygen atoms in total. The molecule has 0 spiro atoms. The summed E-state index contributed by atoms with van der Waals surface area (Å²) in [7, 11) is 3.16. The fourth-order valence-electron chi connectivity index (χ4n) is 1.99. The Morgan fingerprint density at radius 2 is 2.05 bits per heavy atom. The molecule has 0 fully saturated rings. The molecule has 7 heteroatoms. The molecule has 0 aliphatic rings. The lowest BCUT2D eigenvalue weighted by atomic mass is 10.1. The van der Waals surface area contributed by atoms with E-state index >= 15 is 0 Å². The van der Waals surface area contributed by atoms with Gasteiger partial charge in [0.25, 0.3) is 0 Å². The molecule has 1 heterocycles. The largest absolute Gasteiger partial charge is 0.496 e. The number of thiazole rings is 1. The van der Waals surface area contributed by atoms with Gasteiger partial charge in [-0.25, -0.2) is 4.98 Å². The first kappa shape index (κ1) is 15.8. The first-order valence-corrected chi connectivity index (χ1v) is 7.05. The number of aromatic nitrogens is 1. The van der Waals surface area contributed by atoms with Gasteiger partial charge in [0.2, 0.25) is 0 Å². The topological polar surface area (TPSA) is 34.1 Å². The van der Waals surface area contributed by atoms with Crippen LogP contribution >= 0.6 is 11.3 Å². The molecule has 1 aromatic heterocycles. The Kier molecular flexibility index (Phi) is 4.53. The Morgan fingerprint density at radius 1 is 1.33 bits per heavy atom. The molecular formula is C14H15F3N2OS. The molecule has 0 radical (unpaired) electrons. The number of hydrogen-bond donors (Lipinski definition) is 1. The summed E-state index contributed by atoms with van der Waals surface area (Å²) in [6.07, 6.45) is -4.44. The first-order valence-electron chi connectivity index (χ1n) is 6.23. The van der Waals surface area contributed by atoms with Crippen LogP contribution in [0.1, 0.15) is 16.1 Å². The average Bonchev–Trinajstić information content (AvgIpc) is 2.83. The maximum Gasteiger partial charge on any atom is 0.434 e. The van der Waals surface area contributed by atoms with Gasteiger partial charge in [-0.2, -0.15) is 13.2 Å². The Balaban J connectivity index is 2.47. The van der Waals surface area contributed by atoms with E-state index in [-0.39, 0.29) is 11.4 Å². The van der Waals surface area contributed by atoms with Gasteiger partial charge in [0, 0.05) is 12.1 Å². The number of ether oxygens (including phenoxy) is 1. The highest BCUT2D eigenvalue weighted by atomic mass is 32.1. The van der Waals surface area contributed by atoms with Crippen molar-refractivity contribution in [2.75, 3.05) is 14.2 Å². The summed E-state index contributed by atoms with van der Waals surface area (Å²) in [6, 6.07) is 5.23. The standard InChI is InChI=1S/C14H15F3N2OS/c1-8-6-9(4-5-10(8)20-3)13-19-12(14(15,16)17)11(21-13)7-18-2/h4-6,18H,7H2,1-3H3. The van der Waals surface area contributed by atoms with Crippen molar-refractivity contribution in [1.82, 2.24) is 10.3 Å². The third kappa shape index (κ3) is 3.36. The zero-order valence-electron chi connectivity index (χ0n) is 11.8. The molecule has 0 unspecified atom stereocenters. The summed E-state index contributed by atoms with van der Waals surface area (Å²) in [5.41, 5.74) is 0.699. The summed E-state index contributed by atoms with van der Waals surface area (Å²) >= 11 is 1.05. The fourth-order valence-corrected chi connectivity index (χ4v) is 3.08. The predicted molar refractivity (Wildman–Crippen MR) is 76.6 cm³/mol. The van der Waals surface area contributed by atoms with Crippen LogP contribution in [0.15, 0.2) is 18.2 Å². The van der Waals surface area contributed by atoms with Gasteiger partial charge in [0.1, 0.15) is 10.8 Å². The maximum absolute atomic E-state index is 13.0. The molecule has 0 aliphatic carbocycles. The molecular weight excluding hydrogens is 301 g/mol. The Labute approximate surface area is 124 Å². The van der Waals surface area contributed by atoms with E-state index in [0.29, 0.717) is 16.3 Å². The number of nitrogens with zero attached hydrogens (tertiary/aromatic N) is 1. The molecule has 2 aromatic rings. The van der Waals surface area contributed by atoms with Crippen molar-refractivity contribution >= 4 is 11.3 Å². The van der Waals surface area contributed by atoms with Crippen molar-refractivity contribution in [3.8, 4) is 16.3 Å². The van der Waals surface area contributed by atoms with Crippen molar-refractivity contribution in [3.05, 3.63) is 34.3 Å². The quantitative estimate of drug-likeness (QED) is 0.930. The van der Waals surface area contributed by atoms with E-state index in [9.17, 15) is 13.2 Å². The number of benzene rings is 1. The van der Waals surface area contributed by atoms with E-state index in [4.69, 9.17) is 4.74 Å². The molecule has 0 saturated heterocycles. The fraction of sp³-hybridized carbons (Fsp3) is 0.357. The lowest BCUT2D eigenvalue weighted by Gasteiger charge is -2.05. The van der Waals surface area contributed by atoms with Crippen molar-refractivity contribution < 1.29 is 17.9 Å². The van der Waals surface area contributed by atoms with Crippen molar-refractivity contribution in [2.24, 2.45) is 0 Å². The average molecular weight is 316 g/mol. The van der Waals surface area contributed by atoms with E-state index in [1.165, 1.54) is 0 Å². The van der Waals surface area contributed by atoms with Gasteiger partial charge < -0.3 is 10.1 Å². The summed E-state index contributed by atoms with van der Waals surface area (Å²) in [4.78, 5) is 3.97. The number of alkyl halides is 3. The normalized spacial score (nSPS) is 11.7. The molecule has 1 N–H and O–H groups in total. The second kappa shape index (κ2) is 6.03. The monoisotopic (exact) mass is 316 g/mol. The summed E-state index contributed by atoms with van der Waals surface area (Å²) in [6.45, 7) is 1.98. The SMILES string of the molecule is CNCc1sc(-c2ccc(OC)c(C)c2)nc1C(F)(F)F. The van der Waals surface area contributed by atoms with Crippen molar-refractivity contribution in [2.45, 2.75) is 19.6 Å². The number of halogens is 3. The van der Waals surface area contributed by atoms with Crippen LogP contribution in [0.4, 0.5) is 13.2 Å². The highest BCUT2D eigenvalue weighted by Crippen LogP contribution is 2.38. The third-order valence-corrected chi connectivity index (χ3v) is 4.05. The van der Waals surface area contributed by atoms with Gasteiger partial charge in [-0.15, -0.1) is 11.3 Å². The molecule has 0 amide bonds. The van der Waals surface area contributed by atoms with Crippen LogP contribution in [-0.4, -0.2) is 19.1 Å². The van der Waals surface area contributed by atoms with Crippen LogP contribution in [0.3, 0.4) is 0 Å². The Hall–Kier alpha value is -1.60. The van der Waals surface area contributed by atoms with E-state index in [1.54, 1.807) is 32.4 Å².